The lowest BCUT2D eigenvalue weighted by Crippen LogP contribution is -2.34. The molecule has 1 saturated carbocycles. The molecule has 2 unspecified atom stereocenters. The molecule has 2 atom stereocenters. The van der Waals surface area contributed by atoms with Crippen molar-refractivity contribution in [1.82, 2.24) is 14.9 Å². The molecule has 1 heterocycles. The van der Waals surface area contributed by atoms with Crippen molar-refractivity contribution < 1.29 is 9.53 Å². The number of ether oxygens (including phenoxy) is 1. The molecule has 1 aliphatic rings. The van der Waals surface area contributed by atoms with E-state index in [0.29, 0.717) is 12.5 Å². The Hall–Kier alpha value is -1.88. The molecule has 1 aromatic carbocycles. The van der Waals surface area contributed by atoms with Crippen molar-refractivity contribution in [3.05, 3.63) is 29.6 Å². The first-order chi connectivity index (χ1) is 12.1. The van der Waals surface area contributed by atoms with Crippen LogP contribution in [0.15, 0.2) is 18.2 Å². The lowest BCUT2D eigenvalue weighted by atomic mass is 9.85. The normalized spacial score (nSPS) is 20.8. The maximum atomic E-state index is 12.2. The number of para-hydroxylation sites is 1. The number of imidazole rings is 1. The number of carbonyl (C=O) groups excluding carboxylic acids is 1. The molecule has 25 heavy (non-hydrogen) atoms. The zero-order chi connectivity index (χ0) is 17.8. The molecule has 136 valence electrons. The van der Waals surface area contributed by atoms with E-state index >= 15 is 0 Å². The molecule has 2 aromatic rings. The van der Waals surface area contributed by atoms with Crippen LogP contribution in [-0.4, -0.2) is 28.2 Å². The van der Waals surface area contributed by atoms with Crippen molar-refractivity contribution in [2.24, 2.45) is 13.0 Å². The van der Waals surface area contributed by atoms with Crippen LogP contribution in [0.3, 0.4) is 0 Å². The van der Waals surface area contributed by atoms with E-state index < -0.39 is 0 Å². The highest BCUT2D eigenvalue weighted by Gasteiger charge is 2.24. The molecule has 1 aliphatic carbocycles. The van der Waals surface area contributed by atoms with Crippen molar-refractivity contribution in [3.8, 4) is 0 Å². The van der Waals surface area contributed by atoms with Crippen LogP contribution < -0.4 is 5.32 Å². The van der Waals surface area contributed by atoms with Gasteiger partial charge < -0.3 is 14.6 Å². The first kappa shape index (κ1) is 17.9. The zero-order valence-electron chi connectivity index (χ0n) is 15.5. The zero-order valence-corrected chi connectivity index (χ0v) is 15.5. The highest BCUT2D eigenvalue weighted by molar-refractivity contribution is 5.80. The summed E-state index contributed by atoms with van der Waals surface area (Å²) in [7, 11) is 1.99. The van der Waals surface area contributed by atoms with Gasteiger partial charge in [-0.1, -0.05) is 38.3 Å². The minimum absolute atomic E-state index is 0.0656. The number of hydrogen-bond acceptors (Lipinski definition) is 3. The second-order valence-corrected chi connectivity index (χ2v) is 7.11. The summed E-state index contributed by atoms with van der Waals surface area (Å²) in [5.41, 5.74) is 3.28. The Bertz CT molecular complexity index is 738. The van der Waals surface area contributed by atoms with Crippen LogP contribution in [0.25, 0.3) is 11.0 Å². The van der Waals surface area contributed by atoms with Crippen LogP contribution in [0.1, 0.15) is 50.4 Å². The van der Waals surface area contributed by atoms with Crippen molar-refractivity contribution in [2.75, 3.05) is 6.61 Å². The van der Waals surface area contributed by atoms with Crippen molar-refractivity contribution in [1.29, 1.82) is 0 Å². The van der Waals surface area contributed by atoms with Crippen molar-refractivity contribution >= 4 is 16.9 Å². The second kappa shape index (κ2) is 8.00. The third-order valence-corrected chi connectivity index (χ3v) is 5.42. The number of benzene rings is 1. The van der Waals surface area contributed by atoms with Gasteiger partial charge in [-0.2, -0.15) is 0 Å². The highest BCUT2D eigenvalue weighted by atomic mass is 16.5. The first-order valence-corrected chi connectivity index (χ1v) is 9.39. The van der Waals surface area contributed by atoms with Gasteiger partial charge in [-0.3, -0.25) is 4.79 Å². The van der Waals surface area contributed by atoms with Crippen LogP contribution >= 0.6 is 0 Å². The summed E-state index contributed by atoms with van der Waals surface area (Å²) >= 11 is 0. The number of nitrogens with zero attached hydrogens (tertiary/aromatic N) is 2. The molecule has 5 nitrogen and oxygen atoms in total. The van der Waals surface area contributed by atoms with Gasteiger partial charge in [-0.15, -0.1) is 0 Å². The summed E-state index contributed by atoms with van der Waals surface area (Å²) in [4.78, 5) is 16.8. The Morgan fingerprint density at radius 2 is 2.16 bits per heavy atom. The van der Waals surface area contributed by atoms with E-state index in [0.717, 1.165) is 29.7 Å². The van der Waals surface area contributed by atoms with Gasteiger partial charge in [-0.25, -0.2) is 4.98 Å². The molecule has 0 radical (unpaired) electrons. The molecular weight excluding hydrogens is 314 g/mol. The van der Waals surface area contributed by atoms with E-state index in [9.17, 15) is 4.79 Å². The molecule has 1 aromatic heterocycles. The van der Waals surface area contributed by atoms with Gasteiger partial charge in [0.25, 0.3) is 0 Å². The smallest absolute Gasteiger partial charge is 0.246 e. The van der Waals surface area contributed by atoms with Gasteiger partial charge >= 0.3 is 0 Å². The molecule has 1 amide bonds. The average molecular weight is 343 g/mol. The molecule has 5 heteroatoms. The van der Waals surface area contributed by atoms with E-state index in [1.54, 1.807) is 0 Å². The molecule has 0 bridgehead atoms. The van der Waals surface area contributed by atoms with Crippen LogP contribution in [0.5, 0.6) is 0 Å². The Kier molecular flexibility index (Phi) is 5.74. The molecule has 1 fully saturated rings. The van der Waals surface area contributed by atoms with Crippen LogP contribution in [-0.2, 0) is 23.1 Å². The number of fused-ring (bicyclic) bond motifs is 1. The predicted octanol–water partition coefficient (Wildman–Crippen LogP) is 3.48. The van der Waals surface area contributed by atoms with Gasteiger partial charge in [0.15, 0.2) is 0 Å². The van der Waals surface area contributed by atoms with E-state index in [2.05, 4.69) is 34.8 Å². The minimum Gasteiger partial charge on any atom is -0.368 e. The number of hydrogen-bond donors (Lipinski definition) is 1. The monoisotopic (exact) mass is 343 g/mol. The number of rotatable bonds is 6. The molecule has 0 aliphatic heterocycles. The highest BCUT2D eigenvalue weighted by Crippen LogP contribution is 2.29. The van der Waals surface area contributed by atoms with Crippen LogP contribution in [0.4, 0.5) is 0 Å². The van der Waals surface area contributed by atoms with Gasteiger partial charge in [0.05, 0.1) is 23.7 Å². The van der Waals surface area contributed by atoms with Gasteiger partial charge in [0.1, 0.15) is 12.4 Å². The van der Waals surface area contributed by atoms with E-state index in [1.165, 1.54) is 24.8 Å². The maximum absolute atomic E-state index is 12.2. The van der Waals surface area contributed by atoms with Crippen molar-refractivity contribution in [2.45, 2.75) is 58.6 Å². The Labute approximate surface area is 149 Å². The molecule has 1 N–H and O–H groups in total. The Morgan fingerprint density at radius 3 is 2.92 bits per heavy atom. The van der Waals surface area contributed by atoms with E-state index in [4.69, 9.17) is 4.74 Å². The Balaban J connectivity index is 1.54. The largest absolute Gasteiger partial charge is 0.368 e. The second-order valence-electron chi connectivity index (χ2n) is 7.11. The Morgan fingerprint density at radius 1 is 1.36 bits per heavy atom. The third-order valence-electron chi connectivity index (χ3n) is 5.42. The molecule has 0 spiro atoms. The number of carbonyl (C=O) groups is 1. The van der Waals surface area contributed by atoms with Gasteiger partial charge in [0.2, 0.25) is 5.91 Å². The third kappa shape index (κ3) is 4.03. The fourth-order valence-corrected chi connectivity index (χ4v) is 3.94. The first-order valence-electron chi connectivity index (χ1n) is 9.39. The lowest BCUT2D eigenvalue weighted by Gasteiger charge is -2.30. The summed E-state index contributed by atoms with van der Waals surface area (Å²) in [5, 5.41) is 2.95. The summed E-state index contributed by atoms with van der Waals surface area (Å²) in [6.07, 6.45) is 6.17. The SMILES string of the molecule is CCC1CCCCC1OCC(=O)NCc1nc2cccc(C)c2n1C. The minimum atomic E-state index is -0.0656. The van der Waals surface area contributed by atoms with Crippen molar-refractivity contribution in [3.63, 3.8) is 0 Å². The summed E-state index contributed by atoms with van der Waals surface area (Å²) in [6.45, 7) is 4.85. The lowest BCUT2D eigenvalue weighted by molar-refractivity contribution is -0.130. The average Bonchev–Trinajstić information content (AvgIpc) is 2.95. The quantitative estimate of drug-likeness (QED) is 0.873. The van der Waals surface area contributed by atoms with E-state index in [-0.39, 0.29) is 18.6 Å². The van der Waals surface area contributed by atoms with E-state index in [1.807, 2.05) is 19.2 Å². The maximum Gasteiger partial charge on any atom is 0.246 e. The molecule has 0 saturated heterocycles. The fraction of sp³-hybridized carbons (Fsp3) is 0.600. The molecular formula is C20H29N3O2. The summed E-state index contributed by atoms with van der Waals surface area (Å²) in [5.74, 6) is 1.40. The number of amides is 1. The van der Waals surface area contributed by atoms with Crippen LogP contribution in [0.2, 0.25) is 0 Å². The van der Waals surface area contributed by atoms with Gasteiger partial charge in [-0.05, 0) is 37.3 Å². The standard InChI is InChI=1S/C20H29N3O2/c1-4-15-9-5-6-11-17(15)25-13-19(24)21-12-18-22-16-10-7-8-14(2)20(16)23(18)3/h7-8,10,15,17H,4-6,9,11-13H2,1-3H3,(H,21,24). The fourth-order valence-electron chi connectivity index (χ4n) is 3.94. The predicted molar refractivity (Wildman–Crippen MR) is 99.3 cm³/mol. The topological polar surface area (TPSA) is 56.1 Å². The number of nitrogens with one attached hydrogen (secondary N) is 1. The summed E-state index contributed by atoms with van der Waals surface area (Å²) < 4.78 is 7.96. The number of aryl methyl sites for hydroxylation is 2. The summed E-state index contributed by atoms with van der Waals surface area (Å²) in [6, 6.07) is 6.09. The van der Waals surface area contributed by atoms with Gasteiger partial charge in [0, 0.05) is 7.05 Å². The molecule has 3 rings (SSSR count). The van der Waals surface area contributed by atoms with Crippen LogP contribution in [0, 0.1) is 12.8 Å². The number of aromatic nitrogens is 2.